The van der Waals surface area contributed by atoms with Gasteiger partial charge in [0.25, 0.3) is 0 Å². The summed E-state index contributed by atoms with van der Waals surface area (Å²) in [6.07, 6.45) is 11.5. The normalized spacial score (nSPS) is 25.3. The van der Waals surface area contributed by atoms with Gasteiger partial charge in [-0.3, -0.25) is 14.7 Å². The predicted molar refractivity (Wildman–Crippen MR) is 103 cm³/mol. The summed E-state index contributed by atoms with van der Waals surface area (Å²) in [5.41, 5.74) is 0.931. The average molecular weight is 363 g/mol. The predicted octanol–water partition coefficient (Wildman–Crippen LogP) is 2.33. The van der Waals surface area contributed by atoms with Crippen molar-refractivity contribution in [3.8, 4) is 0 Å². The third-order valence-corrected chi connectivity index (χ3v) is 5.80. The number of rotatable bonds is 7. The molecular weight excluding hydrogens is 338 g/mol. The number of fused-ring (bicyclic) bond motifs is 1. The van der Waals surface area contributed by atoms with E-state index >= 15 is 0 Å². The van der Waals surface area contributed by atoms with Gasteiger partial charge in [0.1, 0.15) is 5.82 Å². The molecule has 1 amide bonds. The van der Waals surface area contributed by atoms with Gasteiger partial charge in [-0.1, -0.05) is 6.07 Å². The Labute approximate surface area is 159 Å². The van der Waals surface area contributed by atoms with Crippen molar-refractivity contribution < 1.29 is 4.79 Å². The summed E-state index contributed by atoms with van der Waals surface area (Å²) in [6.45, 7) is 5.16. The van der Waals surface area contributed by atoms with Crippen LogP contribution >= 0.6 is 0 Å². The summed E-state index contributed by atoms with van der Waals surface area (Å²) >= 11 is 0. The Hall–Kier alpha value is -2.60. The fourth-order valence-electron chi connectivity index (χ4n) is 4.18. The highest BCUT2D eigenvalue weighted by Gasteiger charge is 2.55. The number of carbonyl (C=O) groups is 1. The lowest BCUT2D eigenvalue weighted by molar-refractivity contribution is -0.116. The van der Waals surface area contributed by atoms with Crippen LogP contribution < -0.4 is 5.32 Å². The molecule has 4 rings (SSSR count). The summed E-state index contributed by atoms with van der Waals surface area (Å²) in [5.74, 6) is 3.13. The van der Waals surface area contributed by atoms with Gasteiger partial charge < -0.3 is 5.32 Å². The van der Waals surface area contributed by atoms with Crippen LogP contribution in [0.3, 0.4) is 0 Å². The van der Waals surface area contributed by atoms with E-state index in [9.17, 15) is 4.79 Å². The zero-order chi connectivity index (χ0) is 18.6. The first-order valence-electron chi connectivity index (χ1n) is 9.59. The molecule has 1 aliphatic heterocycles. The topological polar surface area (TPSA) is 71.0 Å². The Kier molecular flexibility index (Phi) is 5.25. The smallest absolute Gasteiger partial charge is 0.244 e. The second kappa shape index (κ2) is 7.96. The number of hydrogen-bond acceptors (Lipinski definition) is 5. The third kappa shape index (κ3) is 4.22. The van der Waals surface area contributed by atoms with Gasteiger partial charge in [-0.25, -0.2) is 9.97 Å². The summed E-state index contributed by atoms with van der Waals surface area (Å²) in [5, 5.41) is 2.99. The highest BCUT2D eigenvalue weighted by atomic mass is 16.1. The van der Waals surface area contributed by atoms with E-state index in [1.54, 1.807) is 24.5 Å². The number of nitrogens with one attached hydrogen (secondary N) is 1. The molecule has 6 nitrogen and oxygen atoms in total. The molecule has 0 spiro atoms. The summed E-state index contributed by atoms with van der Waals surface area (Å²) in [6, 6.07) is 5.91. The maximum atomic E-state index is 11.9. The number of nitrogens with zero attached hydrogens (tertiary/aromatic N) is 4. The maximum Gasteiger partial charge on any atom is 0.244 e. The zero-order valence-electron chi connectivity index (χ0n) is 15.5. The largest absolute Gasteiger partial charge is 0.353 e. The lowest BCUT2D eigenvalue weighted by atomic mass is 10.1. The fourth-order valence-corrected chi connectivity index (χ4v) is 4.18. The minimum Gasteiger partial charge on any atom is -0.353 e. The van der Waals surface area contributed by atoms with E-state index in [4.69, 9.17) is 0 Å². The van der Waals surface area contributed by atoms with E-state index < -0.39 is 0 Å². The monoisotopic (exact) mass is 363 g/mol. The van der Waals surface area contributed by atoms with Crippen LogP contribution in [0.5, 0.6) is 0 Å². The van der Waals surface area contributed by atoms with Crippen molar-refractivity contribution in [2.75, 3.05) is 19.6 Å². The fraction of sp³-hybridized carbons (Fsp3) is 0.429. The number of carbonyl (C=O) groups excluding carboxylic acids is 1. The highest BCUT2D eigenvalue weighted by Crippen LogP contribution is 2.54. The molecule has 1 saturated heterocycles. The quantitative estimate of drug-likeness (QED) is 0.765. The molecule has 1 N–H and O–H groups in total. The lowest BCUT2D eigenvalue weighted by Gasteiger charge is -2.25. The molecule has 27 heavy (non-hydrogen) atoms. The van der Waals surface area contributed by atoms with Crippen LogP contribution in [-0.2, 0) is 4.79 Å². The molecule has 1 aliphatic carbocycles. The standard InChI is InChI=1S/C21H25N5O/c1-15(21-24-9-3-10-25-21)26-13-18-17(19(18)14-26)7-11-23-20(27)6-5-16-4-2-8-22-12-16/h2-6,8-10,12,15,17-19H,7,11,13-14H2,1H3,(H,23,27)/b6-5+. The average Bonchev–Trinajstić information content (AvgIpc) is 3.16. The minimum atomic E-state index is -0.0406. The first-order chi connectivity index (χ1) is 13.2. The Balaban J connectivity index is 1.16. The molecule has 3 heterocycles. The molecular formula is C21H25N5O. The van der Waals surface area contributed by atoms with Gasteiger partial charge in [0.05, 0.1) is 6.04 Å². The summed E-state index contributed by atoms with van der Waals surface area (Å²) < 4.78 is 0. The molecule has 2 aromatic rings. The number of amides is 1. The van der Waals surface area contributed by atoms with Gasteiger partial charge in [-0.05, 0) is 54.9 Å². The molecule has 140 valence electrons. The first kappa shape index (κ1) is 17.8. The maximum absolute atomic E-state index is 11.9. The van der Waals surface area contributed by atoms with E-state index in [1.807, 2.05) is 30.6 Å². The number of piperidine rings is 1. The van der Waals surface area contributed by atoms with E-state index in [0.29, 0.717) is 0 Å². The molecule has 2 aliphatic rings. The summed E-state index contributed by atoms with van der Waals surface area (Å²) in [7, 11) is 0. The lowest BCUT2D eigenvalue weighted by Crippen LogP contribution is -2.30. The zero-order valence-corrected chi connectivity index (χ0v) is 15.5. The Bertz CT molecular complexity index is 783. The molecule has 0 aromatic carbocycles. The second-order valence-corrected chi connectivity index (χ2v) is 7.43. The van der Waals surface area contributed by atoms with Crippen LogP contribution in [0.15, 0.2) is 49.1 Å². The van der Waals surface area contributed by atoms with Crippen LogP contribution in [-0.4, -0.2) is 45.4 Å². The van der Waals surface area contributed by atoms with E-state index in [2.05, 4.69) is 32.1 Å². The highest BCUT2D eigenvalue weighted by molar-refractivity contribution is 5.91. The van der Waals surface area contributed by atoms with Crippen molar-refractivity contribution in [2.45, 2.75) is 19.4 Å². The van der Waals surface area contributed by atoms with Crippen LogP contribution in [0.25, 0.3) is 6.08 Å². The molecule has 6 heteroatoms. The molecule has 3 unspecified atom stereocenters. The second-order valence-electron chi connectivity index (χ2n) is 7.43. The molecule has 1 saturated carbocycles. The van der Waals surface area contributed by atoms with Gasteiger partial charge in [-0.2, -0.15) is 0 Å². The van der Waals surface area contributed by atoms with Crippen molar-refractivity contribution in [3.05, 3.63) is 60.5 Å². The van der Waals surface area contributed by atoms with Crippen LogP contribution in [0, 0.1) is 17.8 Å². The van der Waals surface area contributed by atoms with Gasteiger partial charge >= 0.3 is 0 Å². The van der Waals surface area contributed by atoms with Crippen molar-refractivity contribution in [3.63, 3.8) is 0 Å². The van der Waals surface area contributed by atoms with E-state index in [1.165, 1.54) is 0 Å². The Morgan fingerprint density at radius 3 is 2.74 bits per heavy atom. The van der Waals surface area contributed by atoms with Crippen molar-refractivity contribution in [1.82, 2.24) is 25.2 Å². The van der Waals surface area contributed by atoms with Gasteiger partial charge in [0.15, 0.2) is 0 Å². The van der Waals surface area contributed by atoms with Crippen LogP contribution in [0.1, 0.15) is 30.8 Å². The van der Waals surface area contributed by atoms with E-state index in [-0.39, 0.29) is 11.9 Å². The summed E-state index contributed by atoms with van der Waals surface area (Å²) in [4.78, 5) is 27.2. The number of aromatic nitrogens is 3. The van der Waals surface area contributed by atoms with Gasteiger partial charge in [0.2, 0.25) is 5.91 Å². The molecule has 2 aromatic heterocycles. The number of likely N-dealkylation sites (tertiary alicyclic amines) is 1. The number of pyridine rings is 1. The first-order valence-corrected chi connectivity index (χ1v) is 9.59. The van der Waals surface area contributed by atoms with E-state index in [0.717, 1.165) is 55.2 Å². The number of hydrogen-bond donors (Lipinski definition) is 1. The van der Waals surface area contributed by atoms with Crippen molar-refractivity contribution >= 4 is 12.0 Å². The molecule has 0 bridgehead atoms. The molecule has 0 radical (unpaired) electrons. The van der Waals surface area contributed by atoms with Crippen LogP contribution in [0.4, 0.5) is 0 Å². The third-order valence-electron chi connectivity index (χ3n) is 5.80. The minimum absolute atomic E-state index is 0.0406. The SMILES string of the molecule is CC(c1ncccn1)N1CC2C(CCNC(=O)/C=C/c3cccnc3)C2C1. The Morgan fingerprint density at radius 2 is 2.04 bits per heavy atom. The van der Waals surface area contributed by atoms with Gasteiger partial charge in [0, 0.05) is 50.5 Å². The molecule has 3 atom stereocenters. The van der Waals surface area contributed by atoms with Crippen LogP contribution in [0.2, 0.25) is 0 Å². The molecule has 2 fully saturated rings. The van der Waals surface area contributed by atoms with Crippen molar-refractivity contribution in [2.24, 2.45) is 17.8 Å². The van der Waals surface area contributed by atoms with Crippen molar-refractivity contribution in [1.29, 1.82) is 0 Å². The van der Waals surface area contributed by atoms with Gasteiger partial charge in [-0.15, -0.1) is 0 Å². The Morgan fingerprint density at radius 1 is 1.26 bits per heavy atom.